The van der Waals surface area contributed by atoms with E-state index in [0.29, 0.717) is 13.1 Å². The number of nitrogens with two attached hydrogens (primary N) is 1. The lowest BCUT2D eigenvalue weighted by atomic mass is 10.1. The molecule has 112 valence electrons. The van der Waals surface area contributed by atoms with Crippen LogP contribution >= 0.6 is 0 Å². The van der Waals surface area contributed by atoms with Crippen LogP contribution in [-0.2, 0) is 16.1 Å². The van der Waals surface area contributed by atoms with Crippen LogP contribution in [0.25, 0.3) is 11.0 Å². The summed E-state index contributed by atoms with van der Waals surface area (Å²) in [5.41, 5.74) is 7.45. The van der Waals surface area contributed by atoms with Gasteiger partial charge in [0.2, 0.25) is 12.2 Å². The molecule has 2 aromatic rings. The maximum atomic E-state index is 11.6. The van der Waals surface area contributed by atoms with Crippen molar-refractivity contribution in [2.75, 3.05) is 6.54 Å². The fourth-order valence-corrected chi connectivity index (χ4v) is 2.06. The Kier molecular flexibility index (Phi) is 4.89. The SMILES string of the molecule is NC(CCC(=O)NCC[n+]1c[nH]c2ccccc21)C(=O)O. The van der Waals surface area contributed by atoms with Gasteiger partial charge < -0.3 is 16.2 Å². The number of nitrogens with one attached hydrogen (secondary N) is 2. The second-order valence-electron chi connectivity index (χ2n) is 4.82. The van der Waals surface area contributed by atoms with Gasteiger partial charge in [-0.2, -0.15) is 0 Å². The van der Waals surface area contributed by atoms with Crippen LogP contribution in [0.3, 0.4) is 0 Å². The van der Waals surface area contributed by atoms with Crippen LogP contribution in [0.5, 0.6) is 0 Å². The summed E-state index contributed by atoms with van der Waals surface area (Å²) in [4.78, 5) is 25.3. The van der Waals surface area contributed by atoms with Crippen molar-refractivity contribution in [3.63, 3.8) is 0 Å². The predicted molar refractivity (Wildman–Crippen MR) is 76.3 cm³/mol. The van der Waals surface area contributed by atoms with Gasteiger partial charge in [0, 0.05) is 6.42 Å². The molecule has 1 heterocycles. The van der Waals surface area contributed by atoms with Crippen LogP contribution in [0.15, 0.2) is 30.6 Å². The molecule has 1 aromatic carbocycles. The molecular formula is C14H19N4O3+. The number of hydrogen-bond donors (Lipinski definition) is 4. The first kappa shape index (κ1) is 15.0. The molecule has 1 unspecified atom stereocenters. The van der Waals surface area contributed by atoms with Crippen molar-refractivity contribution >= 4 is 22.9 Å². The molecule has 0 saturated heterocycles. The van der Waals surface area contributed by atoms with Gasteiger partial charge in [0.15, 0.2) is 11.0 Å². The number of aromatic amines is 1. The second-order valence-corrected chi connectivity index (χ2v) is 4.82. The zero-order valence-electron chi connectivity index (χ0n) is 11.6. The molecule has 7 heteroatoms. The van der Waals surface area contributed by atoms with E-state index in [1.807, 2.05) is 35.2 Å². The van der Waals surface area contributed by atoms with E-state index in [4.69, 9.17) is 10.8 Å². The molecule has 0 fully saturated rings. The van der Waals surface area contributed by atoms with Crippen LogP contribution in [0.4, 0.5) is 0 Å². The van der Waals surface area contributed by atoms with Gasteiger partial charge in [0.1, 0.15) is 12.6 Å². The van der Waals surface area contributed by atoms with Crippen molar-refractivity contribution in [3.8, 4) is 0 Å². The Bertz CT molecular complexity index is 638. The molecule has 0 radical (unpaired) electrons. The van der Waals surface area contributed by atoms with Crippen molar-refractivity contribution in [2.24, 2.45) is 5.73 Å². The average Bonchev–Trinajstić information content (AvgIpc) is 2.88. The average molecular weight is 291 g/mol. The lowest BCUT2D eigenvalue weighted by Crippen LogP contribution is -2.40. The Morgan fingerprint density at radius 3 is 2.90 bits per heavy atom. The van der Waals surface area contributed by atoms with Crippen LogP contribution in [0.1, 0.15) is 12.8 Å². The topological polar surface area (TPSA) is 112 Å². The molecule has 1 atom stereocenters. The van der Waals surface area contributed by atoms with E-state index in [1.54, 1.807) is 0 Å². The maximum absolute atomic E-state index is 11.6. The Labute approximate surface area is 121 Å². The molecule has 0 aliphatic heterocycles. The van der Waals surface area contributed by atoms with E-state index < -0.39 is 12.0 Å². The standard InChI is InChI=1S/C14H18N4O3/c15-10(14(20)21)5-6-13(19)16-7-8-18-9-17-11-3-1-2-4-12(11)18/h1-4,9-10H,5-8,15H2,(H2,16,19,20,21)/p+1. The highest BCUT2D eigenvalue weighted by molar-refractivity contribution is 5.78. The van der Waals surface area contributed by atoms with E-state index in [0.717, 1.165) is 11.0 Å². The minimum Gasteiger partial charge on any atom is -0.480 e. The van der Waals surface area contributed by atoms with Crippen LogP contribution in [0.2, 0.25) is 0 Å². The highest BCUT2D eigenvalue weighted by atomic mass is 16.4. The molecule has 0 aliphatic carbocycles. The fraction of sp³-hybridized carbons (Fsp3) is 0.357. The number of benzene rings is 1. The predicted octanol–water partition coefficient (Wildman–Crippen LogP) is -0.236. The lowest BCUT2D eigenvalue weighted by molar-refractivity contribution is -0.669. The van der Waals surface area contributed by atoms with Gasteiger partial charge in [0.05, 0.1) is 6.54 Å². The van der Waals surface area contributed by atoms with Gasteiger partial charge in [0.25, 0.3) is 0 Å². The first-order valence-corrected chi connectivity index (χ1v) is 6.78. The van der Waals surface area contributed by atoms with E-state index in [-0.39, 0.29) is 18.7 Å². The molecule has 21 heavy (non-hydrogen) atoms. The number of imidazole rings is 1. The van der Waals surface area contributed by atoms with Crippen molar-refractivity contribution in [1.82, 2.24) is 10.3 Å². The summed E-state index contributed by atoms with van der Waals surface area (Å²) in [6.45, 7) is 1.12. The zero-order chi connectivity index (χ0) is 15.2. The van der Waals surface area contributed by atoms with E-state index >= 15 is 0 Å². The van der Waals surface area contributed by atoms with Crippen molar-refractivity contribution in [1.29, 1.82) is 0 Å². The molecule has 7 nitrogen and oxygen atoms in total. The van der Waals surface area contributed by atoms with Crippen molar-refractivity contribution < 1.29 is 19.3 Å². The summed E-state index contributed by atoms with van der Waals surface area (Å²) in [7, 11) is 0. The van der Waals surface area contributed by atoms with Crippen molar-refractivity contribution in [2.45, 2.75) is 25.4 Å². The van der Waals surface area contributed by atoms with Gasteiger partial charge in [-0.25, -0.2) is 9.55 Å². The number of aliphatic carboxylic acids is 1. The van der Waals surface area contributed by atoms with Gasteiger partial charge in [-0.3, -0.25) is 9.59 Å². The van der Waals surface area contributed by atoms with E-state index in [1.165, 1.54) is 0 Å². The number of aromatic nitrogens is 2. The monoisotopic (exact) mass is 291 g/mol. The zero-order valence-corrected chi connectivity index (χ0v) is 11.6. The Balaban J connectivity index is 1.76. The Morgan fingerprint density at radius 2 is 2.14 bits per heavy atom. The number of rotatable bonds is 7. The molecule has 1 aromatic heterocycles. The first-order chi connectivity index (χ1) is 10.1. The number of carboxylic acid groups (broad SMARTS) is 1. The number of para-hydroxylation sites is 2. The first-order valence-electron chi connectivity index (χ1n) is 6.78. The summed E-state index contributed by atoms with van der Waals surface area (Å²) in [5, 5.41) is 11.4. The van der Waals surface area contributed by atoms with Gasteiger partial charge >= 0.3 is 5.97 Å². The number of carboxylic acids is 1. The van der Waals surface area contributed by atoms with Gasteiger partial charge in [-0.1, -0.05) is 12.1 Å². The van der Waals surface area contributed by atoms with Crippen molar-refractivity contribution in [3.05, 3.63) is 30.6 Å². The highest BCUT2D eigenvalue weighted by Crippen LogP contribution is 2.04. The summed E-state index contributed by atoms with van der Waals surface area (Å²) in [6, 6.07) is 6.91. The molecule has 0 bridgehead atoms. The smallest absolute Gasteiger partial charge is 0.320 e. The largest absolute Gasteiger partial charge is 0.480 e. The third-order valence-electron chi connectivity index (χ3n) is 3.26. The minimum absolute atomic E-state index is 0.117. The van der Waals surface area contributed by atoms with Crippen LogP contribution in [0, 0.1) is 0 Å². The third-order valence-corrected chi connectivity index (χ3v) is 3.26. The number of carbonyl (C=O) groups is 2. The Morgan fingerprint density at radius 1 is 1.38 bits per heavy atom. The number of H-pyrrole nitrogens is 1. The number of hydrogen-bond acceptors (Lipinski definition) is 3. The van der Waals surface area contributed by atoms with Crippen LogP contribution in [-0.4, -0.2) is 34.6 Å². The molecule has 0 spiro atoms. The Hall–Kier alpha value is -2.41. The molecule has 5 N–H and O–H groups in total. The van der Waals surface area contributed by atoms with E-state index in [9.17, 15) is 9.59 Å². The number of amides is 1. The molecular weight excluding hydrogens is 272 g/mol. The second kappa shape index (κ2) is 6.85. The fourth-order valence-electron chi connectivity index (χ4n) is 2.06. The summed E-state index contributed by atoms with van der Waals surface area (Å²) < 4.78 is 2.01. The lowest BCUT2D eigenvalue weighted by Gasteiger charge is -2.06. The highest BCUT2D eigenvalue weighted by Gasteiger charge is 2.13. The molecule has 1 amide bonds. The minimum atomic E-state index is -1.09. The third kappa shape index (κ3) is 4.03. The molecule has 2 rings (SSSR count). The maximum Gasteiger partial charge on any atom is 0.320 e. The summed E-state index contributed by atoms with van der Waals surface area (Å²) in [5.74, 6) is -1.27. The van der Waals surface area contributed by atoms with E-state index in [2.05, 4.69) is 10.3 Å². The molecule has 0 saturated carbocycles. The number of nitrogens with zero attached hydrogens (tertiary/aromatic N) is 1. The van der Waals surface area contributed by atoms with Crippen LogP contribution < -0.4 is 15.6 Å². The molecule has 0 aliphatic rings. The number of fused-ring (bicyclic) bond motifs is 1. The quantitative estimate of drug-likeness (QED) is 0.528. The number of carbonyl (C=O) groups excluding carboxylic acids is 1. The summed E-state index contributed by atoms with van der Waals surface area (Å²) in [6.07, 6.45) is 2.12. The van der Waals surface area contributed by atoms with Gasteiger partial charge in [-0.05, 0) is 18.6 Å². The normalized spacial score (nSPS) is 12.2. The van der Waals surface area contributed by atoms with Gasteiger partial charge in [-0.15, -0.1) is 0 Å². The summed E-state index contributed by atoms with van der Waals surface area (Å²) >= 11 is 0.